The van der Waals surface area contributed by atoms with Crippen molar-refractivity contribution >= 4 is 17.6 Å². The summed E-state index contributed by atoms with van der Waals surface area (Å²) in [6.07, 6.45) is -4.26. The highest BCUT2D eigenvalue weighted by molar-refractivity contribution is 6.33. The Morgan fingerprint density at radius 2 is 1.95 bits per heavy atom. The number of alkyl halides is 3. The van der Waals surface area contributed by atoms with Gasteiger partial charge in [0, 0.05) is 11.8 Å². The third kappa shape index (κ3) is 2.97. The lowest BCUT2D eigenvalue weighted by atomic mass is 10.0. The van der Waals surface area contributed by atoms with Gasteiger partial charge in [-0.3, -0.25) is 4.98 Å². The molecular weight excluding hydrogens is 314 g/mol. The maximum atomic E-state index is 13.4. The summed E-state index contributed by atoms with van der Waals surface area (Å²) in [4.78, 5) is 14.6. The summed E-state index contributed by atoms with van der Waals surface area (Å²) < 4.78 is 51.1. The van der Waals surface area contributed by atoms with E-state index in [0.717, 1.165) is 6.07 Å². The molecular formula is C13H6ClF4NO2. The van der Waals surface area contributed by atoms with Crippen LogP contribution in [0.15, 0.2) is 30.5 Å². The number of aromatic nitrogens is 1. The average molecular weight is 320 g/mol. The van der Waals surface area contributed by atoms with Gasteiger partial charge in [0.15, 0.2) is 0 Å². The number of nitrogens with zero attached hydrogens (tertiary/aromatic N) is 1. The van der Waals surface area contributed by atoms with Crippen molar-refractivity contribution in [3.63, 3.8) is 0 Å². The number of aromatic carboxylic acids is 1. The van der Waals surface area contributed by atoms with E-state index in [1.165, 1.54) is 12.1 Å². The van der Waals surface area contributed by atoms with E-state index in [0.29, 0.717) is 12.3 Å². The van der Waals surface area contributed by atoms with Gasteiger partial charge < -0.3 is 5.11 Å². The predicted molar refractivity (Wildman–Crippen MR) is 66.6 cm³/mol. The van der Waals surface area contributed by atoms with E-state index in [4.69, 9.17) is 16.7 Å². The Bertz CT molecular complexity index is 716. The fourth-order valence-electron chi connectivity index (χ4n) is 1.68. The maximum Gasteiger partial charge on any atom is 0.417 e. The highest BCUT2D eigenvalue weighted by Gasteiger charge is 2.33. The molecule has 0 atom stereocenters. The van der Waals surface area contributed by atoms with Crippen LogP contribution >= 0.6 is 11.6 Å². The van der Waals surface area contributed by atoms with E-state index in [1.54, 1.807) is 0 Å². The molecule has 1 aromatic carbocycles. The van der Waals surface area contributed by atoms with E-state index >= 15 is 0 Å². The topological polar surface area (TPSA) is 50.2 Å². The summed E-state index contributed by atoms with van der Waals surface area (Å²) in [5, 5.41) is 8.62. The zero-order valence-electron chi connectivity index (χ0n) is 10.1. The molecule has 0 radical (unpaired) electrons. The summed E-state index contributed by atoms with van der Waals surface area (Å²) >= 11 is 5.70. The van der Waals surface area contributed by atoms with Crippen LogP contribution in [-0.4, -0.2) is 16.1 Å². The number of pyridine rings is 1. The van der Waals surface area contributed by atoms with Gasteiger partial charge in [0.2, 0.25) is 0 Å². The Hall–Kier alpha value is -2.15. The molecule has 0 bridgehead atoms. The first-order valence-corrected chi connectivity index (χ1v) is 5.84. The number of carbonyl (C=O) groups is 1. The summed E-state index contributed by atoms with van der Waals surface area (Å²) in [5.41, 5.74) is -2.35. The maximum absolute atomic E-state index is 13.4. The van der Waals surface area contributed by atoms with Crippen molar-refractivity contribution in [1.29, 1.82) is 0 Å². The van der Waals surface area contributed by atoms with Crippen molar-refractivity contribution in [1.82, 2.24) is 4.98 Å². The van der Waals surface area contributed by atoms with Gasteiger partial charge in [-0.1, -0.05) is 23.7 Å². The zero-order chi connectivity index (χ0) is 15.8. The Kier molecular flexibility index (Phi) is 3.87. The second-order valence-electron chi connectivity index (χ2n) is 4.02. The molecule has 0 spiro atoms. The molecule has 0 saturated heterocycles. The molecule has 0 aliphatic heterocycles. The van der Waals surface area contributed by atoms with Gasteiger partial charge in [0.1, 0.15) is 5.82 Å². The molecule has 0 amide bonds. The number of benzene rings is 1. The molecule has 3 nitrogen and oxygen atoms in total. The third-order valence-corrected chi connectivity index (χ3v) is 3.04. The highest BCUT2D eigenvalue weighted by Crippen LogP contribution is 2.34. The first kappa shape index (κ1) is 15.2. The van der Waals surface area contributed by atoms with Crippen molar-refractivity contribution in [2.45, 2.75) is 6.18 Å². The van der Waals surface area contributed by atoms with Crippen LogP contribution in [0.2, 0.25) is 5.02 Å². The molecule has 21 heavy (non-hydrogen) atoms. The number of carboxylic acids is 1. The van der Waals surface area contributed by atoms with Gasteiger partial charge in [0.05, 0.1) is 21.8 Å². The fourth-order valence-corrected chi connectivity index (χ4v) is 1.90. The van der Waals surface area contributed by atoms with Crippen LogP contribution in [0.5, 0.6) is 0 Å². The SMILES string of the molecule is O=C(O)c1cc(C(F)(F)F)cnc1-c1cccc(F)c1Cl. The van der Waals surface area contributed by atoms with E-state index < -0.39 is 34.1 Å². The van der Waals surface area contributed by atoms with Gasteiger partial charge in [-0.15, -0.1) is 0 Å². The lowest BCUT2D eigenvalue weighted by molar-refractivity contribution is -0.137. The molecule has 1 heterocycles. The molecule has 2 aromatic rings. The number of carboxylic acid groups (broad SMARTS) is 1. The molecule has 2 rings (SSSR count). The Morgan fingerprint density at radius 3 is 2.52 bits per heavy atom. The minimum Gasteiger partial charge on any atom is -0.478 e. The molecule has 0 unspecified atom stereocenters. The summed E-state index contributed by atoms with van der Waals surface area (Å²) in [7, 11) is 0. The van der Waals surface area contributed by atoms with Crippen LogP contribution in [0, 0.1) is 5.82 Å². The van der Waals surface area contributed by atoms with Crippen LogP contribution in [0.3, 0.4) is 0 Å². The summed E-state index contributed by atoms with van der Waals surface area (Å²) in [6, 6.07) is 4.00. The Balaban J connectivity index is 2.70. The number of halogens is 5. The van der Waals surface area contributed by atoms with Crippen molar-refractivity contribution < 1.29 is 27.5 Å². The lowest BCUT2D eigenvalue weighted by Crippen LogP contribution is -2.10. The average Bonchev–Trinajstić information content (AvgIpc) is 2.40. The molecule has 1 aromatic heterocycles. The van der Waals surface area contributed by atoms with Crippen LogP contribution in [0.25, 0.3) is 11.3 Å². The first-order chi connectivity index (χ1) is 9.71. The van der Waals surface area contributed by atoms with Crippen LogP contribution in [0.4, 0.5) is 17.6 Å². The second-order valence-corrected chi connectivity index (χ2v) is 4.40. The zero-order valence-corrected chi connectivity index (χ0v) is 10.8. The Morgan fingerprint density at radius 1 is 1.29 bits per heavy atom. The normalized spacial score (nSPS) is 11.5. The number of rotatable bonds is 2. The number of hydrogen-bond donors (Lipinski definition) is 1. The van der Waals surface area contributed by atoms with E-state index in [9.17, 15) is 22.4 Å². The van der Waals surface area contributed by atoms with E-state index in [1.807, 2.05) is 0 Å². The minimum atomic E-state index is -4.73. The van der Waals surface area contributed by atoms with Crippen molar-refractivity contribution in [3.8, 4) is 11.3 Å². The van der Waals surface area contributed by atoms with Gasteiger partial charge in [-0.25, -0.2) is 9.18 Å². The van der Waals surface area contributed by atoms with Gasteiger partial charge in [0.25, 0.3) is 0 Å². The monoisotopic (exact) mass is 319 g/mol. The van der Waals surface area contributed by atoms with Gasteiger partial charge in [-0.05, 0) is 12.1 Å². The molecule has 0 aliphatic carbocycles. The Labute approximate surface area is 120 Å². The fraction of sp³-hybridized carbons (Fsp3) is 0.0769. The quantitative estimate of drug-likeness (QED) is 0.841. The molecule has 8 heteroatoms. The highest BCUT2D eigenvalue weighted by atomic mass is 35.5. The minimum absolute atomic E-state index is 0.0946. The largest absolute Gasteiger partial charge is 0.478 e. The van der Waals surface area contributed by atoms with E-state index in [2.05, 4.69) is 4.98 Å². The predicted octanol–water partition coefficient (Wildman–Crippen LogP) is 4.26. The van der Waals surface area contributed by atoms with Crippen LogP contribution < -0.4 is 0 Å². The smallest absolute Gasteiger partial charge is 0.417 e. The lowest BCUT2D eigenvalue weighted by Gasteiger charge is -2.11. The van der Waals surface area contributed by atoms with Gasteiger partial charge in [-0.2, -0.15) is 13.2 Å². The first-order valence-electron chi connectivity index (χ1n) is 5.46. The van der Waals surface area contributed by atoms with Gasteiger partial charge >= 0.3 is 12.1 Å². The van der Waals surface area contributed by atoms with Crippen molar-refractivity contribution in [3.05, 3.63) is 52.4 Å². The van der Waals surface area contributed by atoms with Crippen molar-refractivity contribution in [2.75, 3.05) is 0 Å². The molecule has 0 saturated carbocycles. The summed E-state index contributed by atoms with van der Waals surface area (Å²) in [6.45, 7) is 0. The molecule has 0 fully saturated rings. The van der Waals surface area contributed by atoms with Crippen molar-refractivity contribution in [2.24, 2.45) is 0 Å². The molecule has 0 aliphatic rings. The molecule has 110 valence electrons. The van der Waals surface area contributed by atoms with Crippen LogP contribution in [0.1, 0.15) is 15.9 Å². The second kappa shape index (κ2) is 5.33. The molecule has 1 N–H and O–H groups in total. The standard InChI is InChI=1S/C13H6ClF4NO2/c14-10-7(2-1-3-9(10)15)11-8(12(20)21)4-6(5-19-11)13(16,17)18/h1-5H,(H,20,21). The number of hydrogen-bond acceptors (Lipinski definition) is 2. The summed E-state index contributed by atoms with van der Waals surface area (Å²) in [5.74, 6) is -2.45. The van der Waals surface area contributed by atoms with Crippen LogP contribution in [-0.2, 0) is 6.18 Å². The third-order valence-electron chi connectivity index (χ3n) is 2.65. The van der Waals surface area contributed by atoms with E-state index in [-0.39, 0.29) is 11.3 Å².